The van der Waals surface area contributed by atoms with Gasteiger partial charge in [0, 0.05) is 26.0 Å². The van der Waals surface area contributed by atoms with Gasteiger partial charge in [-0.1, -0.05) is 0 Å². The van der Waals surface area contributed by atoms with Gasteiger partial charge in [0.1, 0.15) is 0 Å². The maximum Gasteiger partial charge on any atom is 0.316 e. The fourth-order valence-corrected chi connectivity index (χ4v) is 1.38. The molecule has 1 aromatic rings. The van der Waals surface area contributed by atoms with Gasteiger partial charge in [-0.25, -0.2) is 0 Å². The third kappa shape index (κ3) is 2.51. The molecule has 0 aliphatic heterocycles. The van der Waals surface area contributed by atoms with E-state index in [1.807, 2.05) is 0 Å². The van der Waals surface area contributed by atoms with Crippen LogP contribution in [0, 0.1) is 0 Å². The largest absolute Gasteiger partial charge is 0.316 e. The Labute approximate surface area is 87.6 Å². The second-order valence-electron chi connectivity index (χ2n) is 3.14. The molecule has 0 radical (unpaired) electrons. The molecule has 0 amide bonds. The van der Waals surface area contributed by atoms with Crippen molar-refractivity contribution < 1.29 is 0 Å². The van der Waals surface area contributed by atoms with Gasteiger partial charge < -0.3 is 9.13 Å². The lowest BCUT2D eigenvalue weighted by molar-refractivity contribution is 0.595. The van der Waals surface area contributed by atoms with Crippen LogP contribution in [-0.2, 0) is 13.6 Å². The van der Waals surface area contributed by atoms with E-state index in [9.17, 15) is 9.59 Å². The highest BCUT2D eigenvalue weighted by molar-refractivity contribution is 7.80. The van der Waals surface area contributed by atoms with Gasteiger partial charge in [0.25, 0.3) is 0 Å². The zero-order valence-corrected chi connectivity index (χ0v) is 9.04. The number of rotatable bonds is 4. The molecular weight excluding hydrogens is 200 g/mol. The monoisotopic (exact) mass is 214 g/mol. The SMILES string of the molecule is Cn1ccn(CCCCS)c(=O)c1=O. The molecule has 0 fully saturated rings. The van der Waals surface area contributed by atoms with Crippen LogP contribution in [0.1, 0.15) is 12.8 Å². The first kappa shape index (κ1) is 11.1. The van der Waals surface area contributed by atoms with E-state index < -0.39 is 11.1 Å². The summed E-state index contributed by atoms with van der Waals surface area (Å²) in [5, 5.41) is 0. The highest BCUT2D eigenvalue weighted by Crippen LogP contribution is 1.93. The van der Waals surface area contributed by atoms with Gasteiger partial charge >= 0.3 is 11.1 Å². The molecule has 0 saturated heterocycles. The van der Waals surface area contributed by atoms with E-state index in [1.54, 1.807) is 19.4 Å². The Balaban J connectivity index is 2.84. The standard InChI is InChI=1S/C9H14N2O2S/c1-10-5-6-11(4-2-3-7-14)9(13)8(10)12/h5-6,14H,2-4,7H2,1H3. The second kappa shape index (κ2) is 5.05. The number of thiol groups is 1. The van der Waals surface area contributed by atoms with Gasteiger partial charge in [-0.3, -0.25) is 9.59 Å². The smallest absolute Gasteiger partial charge is 0.312 e. The minimum atomic E-state index is -0.474. The van der Waals surface area contributed by atoms with Crippen molar-refractivity contribution in [2.45, 2.75) is 19.4 Å². The van der Waals surface area contributed by atoms with Gasteiger partial charge in [0.15, 0.2) is 0 Å². The van der Waals surface area contributed by atoms with Crippen molar-refractivity contribution >= 4 is 12.6 Å². The predicted molar refractivity (Wildman–Crippen MR) is 59.0 cm³/mol. The van der Waals surface area contributed by atoms with Crippen LogP contribution in [0.15, 0.2) is 22.0 Å². The van der Waals surface area contributed by atoms with Gasteiger partial charge in [-0.2, -0.15) is 12.6 Å². The average molecular weight is 214 g/mol. The minimum Gasteiger partial charge on any atom is -0.312 e. The topological polar surface area (TPSA) is 44.0 Å². The van der Waals surface area contributed by atoms with Crippen molar-refractivity contribution in [1.82, 2.24) is 9.13 Å². The molecule has 0 aromatic carbocycles. The lowest BCUT2D eigenvalue weighted by Crippen LogP contribution is -2.39. The molecule has 1 heterocycles. The van der Waals surface area contributed by atoms with E-state index in [-0.39, 0.29) is 0 Å². The van der Waals surface area contributed by atoms with Crippen LogP contribution in [0.2, 0.25) is 0 Å². The number of aromatic nitrogens is 2. The molecule has 0 aliphatic rings. The minimum absolute atomic E-state index is 0.450. The fourth-order valence-electron chi connectivity index (χ4n) is 1.16. The summed E-state index contributed by atoms with van der Waals surface area (Å²) >= 11 is 4.08. The molecule has 4 nitrogen and oxygen atoms in total. The average Bonchev–Trinajstić information content (AvgIpc) is 2.18. The molecular formula is C9H14N2O2S. The van der Waals surface area contributed by atoms with Crippen molar-refractivity contribution in [3.05, 3.63) is 33.1 Å². The maximum absolute atomic E-state index is 11.4. The molecule has 5 heteroatoms. The number of hydrogen-bond donors (Lipinski definition) is 1. The third-order valence-electron chi connectivity index (χ3n) is 2.04. The van der Waals surface area contributed by atoms with E-state index in [1.165, 1.54) is 9.13 Å². The second-order valence-corrected chi connectivity index (χ2v) is 3.59. The van der Waals surface area contributed by atoms with Crippen molar-refractivity contribution in [3.8, 4) is 0 Å². The van der Waals surface area contributed by atoms with Crippen LogP contribution in [0.3, 0.4) is 0 Å². The van der Waals surface area contributed by atoms with E-state index in [0.29, 0.717) is 6.54 Å². The van der Waals surface area contributed by atoms with Crippen LogP contribution >= 0.6 is 12.6 Å². The number of nitrogens with zero attached hydrogens (tertiary/aromatic N) is 2. The molecule has 0 bridgehead atoms. The Bertz CT molecular complexity index is 408. The quantitative estimate of drug-likeness (QED) is 0.444. The molecule has 0 saturated carbocycles. The Morgan fingerprint density at radius 2 is 1.93 bits per heavy atom. The lowest BCUT2D eigenvalue weighted by Gasteiger charge is -2.04. The zero-order chi connectivity index (χ0) is 10.6. The summed E-state index contributed by atoms with van der Waals surface area (Å²) in [6, 6.07) is 0. The molecule has 0 atom stereocenters. The number of hydrogen-bond acceptors (Lipinski definition) is 3. The van der Waals surface area contributed by atoms with Crippen LogP contribution in [0.4, 0.5) is 0 Å². The molecule has 14 heavy (non-hydrogen) atoms. The van der Waals surface area contributed by atoms with Crippen LogP contribution in [0.25, 0.3) is 0 Å². The summed E-state index contributed by atoms with van der Waals surface area (Å²) in [6.45, 7) is 0.593. The van der Waals surface area contributed by atoms with Gasteiger partial charge in [-0.15, -0.1) is 0 Å². The van der Waals surface area contributed by atoms with E-state index in [4.69, 9.17) is 0 Å². The first-order valence-corrected chi connectivity index (χ1v) is 5.17. The summed E-state index contributed by atoms with van der Waals surface area (Å²) in [4.78, 5) is 22.6. The summed E-state index contributed by atoms with van der Waals surface area (Å²) in [5.74, 6) is 0.805. The molecule has 0 unspecified atom stereocenters. The number of unbranched alkanes of at least 4 members (excludes halogenated alkanes) is 1. The maximum atomic E-state index is 11.4. The Morgan fingerprint density at radius 3 is 2.57 bits per heavy atom. The molecule has 0 aliphatic carbocycles. The summed E-state index contributed by atoms with van der Waals surface area (Å²) in [5.41, 5.74) is -0.924. The van der Waals surface area contributed by atoms with Gasteiger partial charge in [0.2, 0.25) is 0 Å². The first-order valence-electron chi connectivity index (χ1n) is 4.53. The molecule has 1 rings (SSSR count). The third-order valence-corrected chi connectivity index (χ3v) is 2.36. The Kier molecular flexibility index (Phi) is 4.00. The predicted octanol–water partition coefficient (Wildman–Crippen LogP) is 0.257. The van der Waals surface area contributed by atoms with Crippen molar-refractivity contribution in [1.29, 1.82) is 0 Å². The van der Waals surface area contributed by atoms with Crippen molar-refractivity contribution in [2.24, 2.45) is 7.05 Å². The fraction of sp³-hybridized carbons (Fsp3) is 0.556. The lowest BCUT2D eigenvalue weighted by atomic mass is 10.3. The molecule has 0 spiro atoms. The summed E-state index contributed by atoms with van der Waals surface area (Å²) in [7, 11) is 1.57. The molecule has 1 aromatic heterocycles. The van der Waals surface area contributed by atoms with Gasteiger partial charge in [0.05, 0.1) is 0 Å². The van der Waals surface area contributed by atoms with Crippen molar-refractivity contribution in [3.63, 3.8) is 0 Å². The molecule has 78 valence electrons. The van der Waals surface area contributed by atoms with Crippen molar-refractivity contribution in [2.75, 3.05) is 5.75 Å². The normalized spacial score (nSPS) is 10.4. The Morgan fingerprint density at radius 1 is 1.21 bits per heavy atom. The summed E-state index contributed by atoms with van der Waals surface area (Å²) < 4.78 is 2.74. The highest BCUT2D eigenvalue weighted by atomic mass is 32.1. The molecule has 0 N–H and O–H groups in total. The highest BCUT2D eigenvalue weighted by Gasteiger charge is 2.00. The van der Waals surface area contributed by atoms with E-state index >= 15 is 0 Å². The van der Waals surface area contributed by atoms with E-state index in [2.05, 4.69) is 12.6 Å². The number of aryl methyl sites for hydroxylation is 2. The van der Waals surface area contributed by atoms with Crippen LogP contribution < -0.4 is 11.1 Å². The van der Waals surface area contributed by atoms with Crippen LogP contribution in [0.5, 0.6) is 0 Å². The van der Waals surface area contributed by atoms with Crippen LogP contribution in [-0.4, -0.2) is 14.9 Å². The first-order chi connectivity index (χ1) is 6.66. The Hall–Kier alpha value is -0.970. The zero-order valence-electron chi connectivity index (χ0n) is 8.14. The van der Waals surface area contributed by atoms with E-state index in [0.717, 1.165) is 18.6 Å². The van der Waals surface area contributed by atoms with Gasteiger partial charge in [-0.05, 0) is 18.6 Å². The summed E-state index contributed by atoms with van der Waals surface area (Å²) in [6.07, 6.45) is 5.06.